The molecule has 9 aromatic rings. The van der Waals surface area contributed by atoms with Gasteiger partial charge in [-0.3, -0.25) is 84.9 Å². The van der Waals surface area contributed by atoms with Crippen LogP contribution in [0.15, 0.2) is 123 Å². The van der Waals surface area contributed by atoms with Crippen molar-refractivity contribution in [1.82, 2.24) is 117 Å². The second kappa shape index (κ2) is 52.4. The van der Waals surface area contributed by atoms with E-state index in [-0.39, 0.29) is 104 Å². The molecule has 0 radical (unpaired) electrons. The van der Waals surface area contributed by atoms with Gasteiger partial charge in [-0.1, -0.05) is 0 Å². The summed E-state index contributed by atoms with van der Waals surface area (Å²) in [5.74, 6) is 6.92. The van der Waals surface area contributed by atoms with Crippen molar-refractivity contribution in [3.05, 3.63) is 151 Å². The summed E-state index contributed by atoms with van der Waals surface area (Å²) in [7, 11) is 0. The molecule has 40 nitrogen and oxygen atoms in total. The Bertz CT molecular complexity index is 4410. The van der Waals surface area contributed by atoms with Gasteiger partial charge in [0.25, 0.3) is 5.91 Å². The summed E-state index contributed by atoms with van der Waals surface area (Å²) < 4.78 is 24.5. The molecule has 0 bridgehead atoms. The number of carbonyl (C=O) groups is 8. The Hall–Kier alpha value is -12.1. The monoisotopic (exact) mass is 1680 g/mol. The number of amides is 5. The van der Waals surface area contributed by atoms with E-state index in [0.29, 0.717) is 98.0 Å². The third kappa shape index (κ3) is 39.2. The number of alkyl halides is 2. The van der Waals surface area contributed by atoms with Crippen LogP contribution >= 0.6 is 35.6 Å². The van der Waals surface area contributed by atoms with Crippen LogP contribution in [0.2, 0.25) is 0 Å². The SMILES string of the molecule is CC(C)(C)OC(=O)NC1CCN(C(=O)Cc2nc(-c3ccncc3)n[nH]2)C1.CC(C)(C)OC(=O)NC1CCNC1.CCOC(=N)CC(=O)OCC.CCOC(=O)Cc1nc(-c2ccncc2)n[nH]1.Cl.ClCCl.NC1CCN(C(=O)Cc2nc(-c3ccncc3)n[nH]2)C1.NNC(=O)c1ccncc1.O=C(O)Cc1nc(-c2ccncc2)n[nH]1. The van der Waals surface area contributed by atoms with Gasteiger partial charge in [-0.25, -0.2) is 35.4 Å². The molecule has 9 aromatic heterocycles. The molecule has 632 valence electrons. The van der Waals surface area contributed by atoms with Gasteiger partial charge in [0.2, 0.25) is 11.8 Å². The van der Waals surface area contributed by atoms with Gasteiger partial charge < -0.3 is 60.3 Å². The number of aromatic amines is 4. The Morgan fingerprint density at radius 3 is 1.23 bits per heavy atom. The first-order chi connectivity index (χ1) is 55.5. The van der Waals surface area contributed by atoms with Gasteiger partial charge in [-0.15, -0.1) is 35.6 Å². The van der Waals surface area contributed by atoms with E-state index in [0.717, 1.165) is 54.7 Å². The minimum atomic E-state index is -0.938. The largest absolute Gasteiger partial charge is 0.481 e. The number of hydrazine groups is 1. The maximum Gasteiger partial charge on any atom is 0.407 e. The number of halogens is 3. The summed E-state index contributed by atoms with van der Waals surface area (Å²) in [5.41, 5.74) is 10.7. The van der Waals surface area contributed by atoms with Gasteiger partial charge in [0.15, 0.2) is 29.2 Å². The van der Waals surface area contributed by atoms with E-state index in [1.54, 1.807) is 117 Å². The van der Waals surface area contributed by atoms with Crippen molar-refractivity contribution < 1.29 is 67.1 Å². The number of ether oxygens (including phenoxy) is 5. The van der Waals surface area contributed by atoms with Crippen molar-refractivity contribution in [1.29, 1.82) is 5.41 Å². The molecule has 14 N–H and O–H groups in total. The highest BCUT2D eigenvalue weighted by molar-refractivity contribution is 6.40. The number of hydrogen-bond acceptors (Lipinski definition) is 30. The van der Waals surface area contributed by atoms with E-state index in [1.807, 2.05) is 71.2 Å². The first kappa shape index (κ1) is 97.3. The molecule has 0 spiro atoms. The smallest absolute Gasteiger partial charge is 0.407 e. The van der Waals surface area contributed by atoms with Crippen LogP contribution in [0.3, 0.4) is 0 Å². The lowest BCUT2D eigenvalue weighted by atomic mass is 10.2. The van der Waals surface area contributed by atoms with Gasteiger partial charge in [-0.05, 0) is 149 Å². The zero-order valence-corrected chi connectivity index (χ0v) is 68.6. The number of carbonyl (C=O) groups excluding carboxylic acids is 7. The number of esters is 2. The summed E-state index contributed by atoms with van der Waals surface area (Å²) >= 11 is 9.53. The van der Waals surface area contributed by atoms with Crippen LogP contribution in [0.5, 0.6) is 0 Å². The summed E-state index contributed by atoms with van der Waals surface area (Å²) in [6.45, 7) is 21.6. The molecular weight excluding hydrogens is 1580 g/mol. The molecule has 3 unspecified atom stereocenters. The van der Waals surface area contributed by atoms with Crippen molar-refractivity contribution in [3.8, 4) is 45.6 Å². The molecule has 0 aliphatic carbocycles. The third-order valence-electron chi connectivity index (χ3n) is 15.1. The highest BCUT2D eigenvalue weighted by atomic mass is 35.5. The summed E-state index contributed by atoms with van der Waals surface area (Å²) in [6.07, 6.45) is 18.4. The highest BCUT2D eigenvalue weighted by Gasteiger charge is 2.30. The minimum absolute atomic E-state index is 0. The van der Waals surface area contributed by atoms with Crippen molar-refractivity contribution in [3.63, 3.8) is 0 Å². The number of nitrogens with zero attached hydrogens (tertiary/aromatic N) is 15. The molecule has 5 amide bonds. The van der Waals surface area contributed by atoms with E-state index < -0.39 is 29.2 Å². The Morgan fingerprint density at radius 2 is 0.880 bits per heavy atom. The van der Waals surface area contributed by atoms with Gasteiger partial charge >= 0.3 is 30.1 Å². The van der Waals surface area contributed by atoms with E-state index in [1.165, 1.54) is 12.4 Å². The molecular formula is C74H101Cl3N26O14. The topological polar surface area (TPSA) is 564 Å². The summed E-state index contributed by atoms with van der Waals surface area (Å²) in [6, 6.07) is 17.8. The van der Waals surface area contributed by atoms with E-state index in [9.17, 15) is 38.4 Å². The number of nitrogen functional groups attached to an aromatic ring is 1. The number of likely N-dealkylation sites (tertiary alicyclic amines) is 2. The van der Waals surface area contributed by atoms with Crippen LogP contribution in [0.1, 0.15) is 122 Å². The van der Waals surface area contributed by atoms with Crippen molar-refractivity contribution in [2.24, 2.45) is 11.6 Å². The fourth-order valence-electron chi connectivity index (χ4n) is 10.0. The van der Waals surface area contributed by atoms with Crippen LogP contribution in [0.4, 0.5) is 9.59 Å². The number of H-pyrrole nitrogens is 4. The van der Waals surface area contributed by atoms with Crippen LogP contribution in [0.25, 0.3) is 45.6 Å². The minimum Gasteiger partial charge on any atom is -0.481 e. The number of carboxylic acids is 1. The Morgan fingerprint density at radius 1 is 0.521 bits per heavy atom. The fourth-order valence-corrected chi connectivity index (χ4v) is 10.0. The molecule has 3 fully saturated rings. The quantitative estimate of drug-likeness (QED) is 0.00580. The maximum atomic E-state index is 12.5. The normalized spacial score (nSPS) is 14.1. The molecule has 117 heavy (non-hydrogen) atoms. The number of carboxylic acid groups (broad SMARTS) is 1. The van der Waals surface area contributed by atoms with Crippen molar-refractivity contribution in [2.75, 3.05) is 64.4 Å². The molecule has 12 rings (SSSR count). The number of nitrogens with two attached hydrogens (primary N) is 2. The zero-order valence-electron chi connectivity index (χ0n) is 66.3. The van der Waals surface area contributed by atoms with Gasteiger partial charge in [-0.2, -0.15) is 20.4 Å². The van der Waals surface area contributed by atoms with Gasteiger partial charge in [0.1, 0.15) is 53.8 Å². The van der Waals surface area contributed by atoms with E-state index >= 15 is 0 Å². The first-order valence-corrected chi connectivity index (χ1v) is 37.6. The number of aliphatic carboxylic acids is 1. The van der Waals surface area contributed by atoms with Crippen molar-refractivity contribution in [2.45, 2.75) is 143 Å². The van der Waals surface area contributed by atoms with Crippen LogP contribution in [-0.2, 0) is 73.3 Å². The molecule has 43 heteroatoms. The number of alkyl carbamates (subject to hydrolysis) is 2. The van der Waals surface area contributed by atoms with Crippen LogP contribution in [0, 0.1) is 5.41 Å². The lowest BCUT2D eigenvalue weighted by Crippen LogP contribution is -2.41. The molecule has 3 aliphatic rings. The third-order valence-corrected chi connectivity index (χ3v) is 15.1. The Balaban J connectivity index is 0.000000292. The van der Waals surface area contributed by atoms with E-state index in [2.05, 4.69) is 106 Å². The molecule has 3 atom stereocenters. The summed E-state index contributed by atoms with van der Waals surface area (Å²) in [5, 5.41) is 51.7. The molecule has 0 saturated carbocycles. The fraction of sp³-hybridized carbons (Fsp3) is 0.432. The predicted molar refractivity (Wildman–Crippen MR) is 432 cm³/mol. The highest BCUT2D eigenvalue weighted by Crippen LogP contribution is 2.19. The second-order valence-electron chi connectivity index (χ2n) is 26.6. The standard InChI is InChI=1S/C18H24N6O3.C13H16N6O.C11H12N4O2.C9H8N4O2.C9H18N2O2.C7H13NO3.C6H7N3O.CH2Cl2.ClH/c1-18(2,3)27-17(26)20-13-6-9-24(11-13)15(25)10-14-21-16(23-22-14)12-4-7-19-8-5-12;14-10-3-6-19(8-10)12(20)7-11-16-13(18-17-11)9-1-4-15-5-2-9;1-2-17-10(16)7-9-13-11(15-14-9)8-3-5-12-6-4-8;14-8(15)5-7-11-9(13-12-7)6-1-3-10-4-2-6;1-9(2,3)13-8(12)11-7-4-5-10-6-7;1-3-10-6(8)5-7(9)11-4-2;7-9-6(10)5-1-3-8-4-2-5;2-1-3;/h4-5,7-8,13H,6,9-11H2,1-3H3,(H,20,26)(H,21,22,23);1-2,4-5,10H,3,6-8,14H2,(H,16,17,18);3-6H,2,7H2,1H3,(H,13,14,15);1-4H,5H2,(H,14,15)(H,11,12,13);7,10H,4-6H2,1-3H3,(H,11,12);8H,3-5H2,1-2H3;1-4H,7H2,(H,9,10);1H2;1H. The van der Waals surface area contributed by atoms with Crippen LogP contribution in [-0.4, -0.2) is 248 Å². The molecule has 3 aliphatic heterocycles. The van der Waals surface area contributed by atoms with Crippen molar-refractivity contribution >= 4 is 89.3 Å². The lowest BCUT2D eigenvalue weighted by Gasteiger charge is -2.22. The molecule has 12 heterocycles. The second-order valence-corrected chi connectivity index (χ2v) is 27.4. The number of aromatic nitrogens is 17. The number of pyridine rings is 5. The Kier molecular flexibility index (Phi) is 43.5. The molecule has 0 aromatic carbocycles. The number of hydrogen-bond donors (Lipinski definition) is 12. The average Bonchev–Trinajstić information content (AvgIpc) is 1.72. The van der Waals surface area contributed by atoms with Crippen LogP contribution < -0.4 is 33.0 Å². The van der Waals surface area contributed by atoms with E-state index in [4.69, 9.17) is 64.2 Å². The Labute approximate surface area is 691 Å². The zero-order chi connectivity index (χ0) is 84.8. The molecule has 3 saturated heterocycles. The number of rotatable bonds is 20. The van der Waals surface area contributed by atoms with Gasteiger partial charge in [0, 0.05) is 135 Å². The number of nitrogens with one attached hydrogen (secondary N) is 9. The predicted octanol–water partition coefficient (Wildman–Crippen LogP) is 6.32. The van der Waals surface area contributed by atoms with Gasteiger partial charge in [0.05, 0.1) is 44.0 Å². The summed E-state index contributed by atoms with van der Waals surface area (Å²) in [4.78, 5) is 131. The maximum absolute atomic E-state index is 12.5. The lowest BCUT2D eigenvalue weighted by molar-refractivity contribution is -0.143. The average molecular weight is 1690 g/mol. The first-order valence-electron chi connectivity index (χ1n) is 36.5.